The molecule has 0 aliphatic carbocycles. The first-order valence-corrected chi connectivity index (χ1v) is 6.59. The Hall–Kier alpha value is -1.48. The Morgan fingerprint density at radius 1 is 1.33 bits per heavy atom. The van der Waals surface area contributed by atoms with E-state index in [2.05, 4.69) is 23.4 Å². The van der Waals surface area contributed by atoms with Gasteiger partial charge in [-0.2, -0.15) is 5.10 Å². The molecule has 0 radical (unpaired) electrons. The number of aromatic nitrogens is 2. The van der Waals surface area contributed by atoms with Crippen LogP contribution in [-0.2, 0) is 13.1 Å². The molecule has 0 amide bonds. The summed E-state index contributed by atoms with van der Waals surface area (Å²) in [6.07, 6.45) is 2.92. The van der Waals surface area contributed by atoms with Gasteiger partial charge in [0.25, 0.3) is 0 Å². The Balaban J connectivity index is 2.04. The fourth-order valence-corrected chi connectivity index (χ4v) is 2.17. The standard InChI is InChI=1S/C14H18ClN3/c1-3-8-18-12(6-7-17-18)10-16-14-5-4-11(2)9-13(14)15/h4-7,9,16H,3,8,10H2,1-2H3. The van der Waals surface area contributed by atoms with Gasteiger partial charge in [0.15, 0.2) is 0 Å². The molecule has 1 N–H and O–H groups in total. The van der Waals surface area contributed by atoms with E-state index < -0.39 is 0 Å². The quantitative estimate of drug-likeness (QED) is 0.888. The number of halogens is 1. The van der Waals surface area contributed by atoms with Gasteiger partial charge in [0.05, 0.1) is 22.9 Å². The number of hydrogen-bond donors (Lipinski definition) is 1. The van der Waals surface area contributed by atoms with Gasteiger partial charge in [-0.1, -0.05) is 24.6 Å². The fourth-order valence-electron chi connectivity index (χ4n) is 1.87. The molecule has 0 aliphatic rings. The third kappa shape index (κ3) is 3.05. The zero-order valence-electron chi connectivity index (χ0n) is 10.8. The second-order valence-electron chi connectivity index (χ2n) is 4.38. The maximum Gasteiger partial charge on any atom is 0.0640 e. The van der Waals surface area contributed by atoms with Crippen molar-refractivity contribution in [1.29, 1.82) is 0 Å². The van der Waals surface area contributed by atoms with Gasteiger partial charge in [-0.15, -0.1) is 0 Å². The lowest BCUT2D eigenvalue weighted by Crippen LogP contribution is -2.09. The summed E-state index contributed by atoms with van der Waals surface area (Å²) < 4.78 is 2.02. The molecule has 0 unspecified atom stereocenters. The third-order valence-electron chi connectivity index (χ3n) is 2.82. The maximum absolute atomic E-state index is 6.19. The normalized spacial score (nSPS) is 10.6. The highest BCUT2D eigenvalue weighted by molar-refractivity contribution is 6.33. The Labute approximate surface area is 113 Å². The molecular weight excluding hydrogens is 246 g/mol. The molecule has 0 saturated carbocycles. The minimum absolute atomic E-state index is 0.739. The van der Waals surface area contributed by atoms with Gasteiger partial charge in [0, 0.05) is 12.7 Å². The number of benzene rings is 1. The smallest absolute Gasteiger partial charge is 0.0640 e. The Morgan fingerprint density at radius 2 is 2.17 bits per heavy atom. The molecule has 0 atom stereocenters. The summed E-state index contributed by atoms with van der Waals surface area (Å²) in [6, 6.07) is 8.06. The molecule has 4 heteroatoms. The highest BCUT2D eigenvalue weighted by Crippen LogP contribution is 2.23. The maximum atomic E-state index is 6.19. The van der Waals surface area contributed by atoms with Crippen molar-refractivity contribution in [3.8, 4) is 0 Å². The van der Waals surface area contributed by atoms with Crippen LogP contribution >= 0.6 is 11.6 Å². The summed E-state index contributed by atoms with van der Waals surface area (Å²) in [4.78, 5) is 0. The predicted molar refractivity (Wildman–Crippen MR) is 76.0 cm³/mol. The summed E-state index contributed by atoms with van der Waals surface area (Å²) in [7, 11) is 0. The van der Waals surface area contributed by atoms with Gasteiger partial charge in [0.1, 0.15) is 0 Å². The SMILES string of the molecule is CCCn1nccc1CNc1ccc(C)cc1Cl. The van der Waals surface area contributed by atoms with Crippen molar-refractivity contribution in [2.75, 3.05) is 5.32 Å². The Morgan fingerprint density at radius 3 is 2.89 bits per heavy atom. The average molecular weight is 264 g/mol. The minimum Gasteiger partial charge on any atom is -0.378 e. The zero-order chi connectivity index (χ0) is 13.0. The van der Waals surface area contributed by atoms with E-state index in [1.165, 1.54) is 11.3 Å². The van der Waals surface area contributed by atoms with Crippen LogP contribution in [0.1, 0.15) is 24.6 Å². The number of nitrogens with one attached hydrogen (secondary N) is 1. The lowest BCUT2D eigenvalue weighted by molar-refractivity contribution is 0.578. The van der Waals surface area contributed by atoms with Crippen molar-refractivity contribution in [1.82, 2.24) is 9.78 Å². The number of rotatable bonds is 5. The first-order valence-electron chi connectivity index (χ1n) is 6.21. The molecule has 2 rings (SSSR count). The van der Waals surface area contributed by atoms with Crippen LogP contribution < -0.4 is 5.32 Å². The second-order valence-corrected chi connectivity index (χ2v) is 4.79. The van der Waals surface area contributed by atoms with Crippen molar-refractivity contribution in [3.63, 3.8) is 0 Å². The summed E-state index contributed by atoms with van der Waals surface area (Å²) in [5, 5.41) is 8.41. The molecule has 1 heterocycles. The molecule has 96 valence electrons. The van der Waals surface area contributed by atoms with Crippen LogP contribution in [0.3, 0.4) is 0 Å². The minimum atomic E-state index is 0.739. The summed E-state index contributed by atoms with van der Waals surface area (Å²) in [5.41, 5.74) is 3.31. The van der Waals surface area contributed by atoms with E-state index >= 15 is 0 Å². The van der Waals surface area contributed by atoms with E-state index in [4.69, 9.17) is 11.6 Å². The van der Waals surface area contributed by atoms with Gasteiger partial charge in [-0.3, -0.25) is 4.68 Å². The Bertz CT molecular complexity index is 520. The van der Waals surface area contributed by atoms with E-state index in [0.717, 1.165) is 30.2 Å². The lowest BCUT2D eigenvalue weighted by atomic mass is 10.2. The molecule has 0 saturated heterocycles. The zero-order valence-corrected chi connectivity index (χ0v) is 11.5. The number of anilines is 1. The van der Waals surface area contributed by atoms with Gasteiger partial charge in [-0.25, -0.2) is 0 Å². The van der Waals surface area contributed by atoms with E-state index in [-0.39, 0.29) is 0 Å². The summed E-state index contributed by atoms with van der Waals surface area (Å²) in [6.45, 7) is 5.87. The van der Waals surface area contributed by atoms with Gasteiger partial charge in [0.2, 0.25) is 0 Å². The van der Waals surface area contributed by atoms with E-state index in [9.17, 15) is 0 Å². The molecule has 1 aromatic heterocycles. The third-order valence-corrected chi connectivity index (χ3v) is 3.14. The van der Waals surface area contributed by atoms with Crippen molar-refractivity contribution >= 4 is 17.3 Å². The first kappa shape index (κ1) is 13.0. The van der Waals surface area contributed by atoms with Crippen LogP contribution in [-0.4, -0.2) is 9.78 Å². The highest BCUT2D eigenvalue weighted by Gasteiger charge is 2.03. The monoisotopic (exact) mass is 263 g/mol. The fraction of sp³-hybridized carbons (Fsp3) is 0.357. The first-order chi connectivity index (χ1) is 8.70. The summed E-state index contributed by atoms with van der Waals surface area (Å²) >= 11 is 6.19. The van der Waals surface area contributed by atoms with Crippen LogP contribution in [0.15, 0.2) is 30.5 Å². The molecular formula is C14H18ClN3. The topological polar surface area (TPSA) is 29.9 Å². The number of nitrogens with zero attached hydrogens (tertiary/aromatic N) is 2. The molecule has 2 aromatic rings. The van der Waals surface area contributed by atoms with E-state index in [1.54, 1.807) is 0 Å². The van der Waals surface area contributed by atoms with Crippen LogP contribution in [0.4, 0.5) is 5.69 Å². The van der Waals surface area contributed by atoms with Crippen molar-refractivity contribution in [3.05, 3.63) is 46.7 Å². The number of hydrogen-bond acceptors (Lipinski definition) is 2. The molecule has 3 nitrogen and oxygen atoms in total. The molecule has 1 aromatic carbocycles. The molecule has 0 aliphatic heterocycles. The predicted octanol–water partition coefficient (Wildman–Crippen LogP) is 3.87. The lowest BCUT2D eigenvalue weighted by Gasteiger charge is -2.10. The number of aryl methyl sites for hydroxylation is 2. The molecule has 18 heavy (non-hydrogen) atoms. The summed E-state index contributed by atoms with van der Waals surface area (Å²) in [5.74, 6) is 0. The molecule has 0 fully saturated rings. The average Bonchev–Trinajstić information content (AvgIpc) is 2.76. The Kier molecular flexibility index (Phi) is 4.26. The van der Waals surface area contributed by atoms with Gasteiger partial charge >= 0.3 is 0 Å². The molecule has 0 spiro atoms. The van der Waals surface area contributed by atoms with Crippen molar-refractivity contribution in [2.45, 2.75) is 33.4 Å². The highest BCUT2D eigenvalue weighted by atomic mass is 35.5. The van der Waals surface area contributed by atoms with Crippen molar-refractivity contribution in [2.24, 2.45) is 0 Å². The van der Waals surface area contributed by atoms with E-state index in [0.29, 0.717) is 0 Å². The van der Waals surface area contributed by atoms with Crippen LogP contribution in [0.2, 0.25) is 5.02 Å². The van der Waals surface area contributed by atoms with Crippen LogP contribution in [0, 0.1) is 6.92 Å². The van der Waals surface area contributed by atoms with Crippen LogP contribution in [0.5, 0.6) is 0 Å². The second kappa shape index (κ2) is 5.91. The van der Waals surface area contributed by atoms with Crippen molar-refractivity contribution < 1.29 is 0 Å². The van der Waals surface area contributed by atoms with Gasteiger partial charge < -0.3 is 5.32 Å². The van der Waals surface area contributed by atoms with E-state index in [1.807, 2.05) is 36.0 Å². The molecule has 0 bridgehead atoms. The van der Waals surface area contributed by atoms with Crippen LogP contribution in [0.25, 0.3) is 0 Å². The largest absolute Gasteiger partial charge is 0.378 e. The van der Waals surface area contributed by atoms with Gasteiger partial charge in [-0.05, 0) is 37.1 Å².